The lowest BCUT2D eigenvalue weighted by Gasteiger charge is -1.95. The van der Waals surface area contributed by atoms with E-state index in [9.17, 15) is 4.79 Å². The zero-order valence-corrected chi connectivity index (χ0v) is 9.98. The lowest BCUT2D eigenvalue weighted by Crippen LogP contribution is -1.97. The molecule has 3 heteroatoms. The predicted molar refractivity (Wildman–Crippen MR) is 69.6 cm³/mol. The molecule has 78 valence electrons. The Labute approximate surface area is 101 Å². The number of carbonyl (C=O) groups excluding carboxylic acids is 1. The van der Waals surface area contributed by atoms with Gasteiger partial charge in [-0.3, -0.25) is 4.79 Å². The standard InChI is InChI=1S/C13H8OS2/c14-13(9-5-6-15-7-9)11-8-16-12-4-2-1-3-10(11)12/h1-8H. The van der Waals surface area contributed by atoms with E-state index in [2.05, 4.69) is 0 Å². The van der Waals surface area contributed by atoms with Gasteiger partial charge in [0.15, 0.2) is 5.78 Å². The molecule has 2 aromatic heterocycles. The second kappa shape index (κ2) is 3.85. The van der Waals surface area contributed by atoms with Crippen LogP contribution in [0.1, 0.15) is 15.9 Å². The number of fused-ring (bicyclic) bond motifs is 1. The van der Waals surface area contributed by atoms with E-state index in [1.807, 2.05) is 46.5 Å². The quantitative estimate of drug-likeness (QED) is 0.618. The highest BCUT2D eigenvalue weighted by Crippen LogP contribution is 2.27. The maximum atomic E-state index is 12.2. The maximum Gasteiger partial charge on any atom is 0.195 e. The SMILES string of the molecule is O=C(c1ccsc1)c1csc2ccccc12. The van der Waals surface area contributed by atoms with Gasteiger partial charge in [0.1, 0.15) is 0 Å². The second-order valence-corrected chi connectivity index (χ2v) is 5.18. The number of hydrogen-bond acceptors (Lipinski definition) is 3. The average molecular weight is 244 g/mol. The molecule has 0 aliphatic heterocycles. The van der Waals surface area contributed by atoms with Gasteiger partial charge in [0.05, 0.1) is 0 Å². The lowest BCUT2D eigenvalue weighted by molar-refractivity contribution is 0.104. The van der Waals surface area contributed by atoms with Gasteiger partial charge in [0, 0.05) is 32.0 Å². The zero-order chi connectivity index (χ0) is 11.0. The number of benzene rings is 1. The normalized spacial score (nSPS) is 10.8. The van der Waals surface area contributed by atoms with Crippen LogP contribution in [0, 0.1) is 0 Å². The van der Waals surface area contributed by atoms with Crippen molar-refractivity contribution in [3.63, 3.8) is 0 Å². The fraction of sp³-hybridized carbons (Fsp3) is 0. The first-order chi connectivity index (χ1) is 7.86. The van der Waals surface area contributed by atoms with Gasteiger partial charge in [-0.2, -0.15) is 11.3 Å². The largest absolute Gasteiger partial charge is 0.289 e. The first kappa shape index (κ1) is 9.75. The Hall–Kier alpha value is -1.45. The molecular weight excluding hydrogens is 236 g/mol. The molecule has 0 aliphatic rings. The molecule has 3 aromatic rings. The molecule has 0 unspecified atom stereocenters. The minimum Gasteiger partial charge on any atom is -0.289 e. The first-order valence-electron chi connectivity index (χ1n) is 4.89. The Bertz CT molecular complexity index is 635. The fourth-order valence-corrected chi connectivity index (χ4v) is 3.28. The molecule has 1 nitrogen and oxygen atoms in total. The summed E-state index contributed by atoms with van der Waals surface area (Å²) in [5.74, 6) is 0.124. The van der Waals surface area contributed by atoms with Gasteiger partial charge in [-0.25, -0.2) is 0 Å². The van der Waals surface area contributed by atoms with Crippen LogP contribution < -0.4 is 0 Å². The van der Waals surface area contributed by atoms with E-state index in [-0.39, 0.29) is 5.78 Å². The van der Waals surface area contributed by atoms with Crippen LogP contribution in [-0.4, -0.2) is 5.78 Å². The highest BCUT2D eigenvalue weighted by atomic mass is 32.1. The molecule has 0 spiro atoms. The third-order valence-corrected chi connectivity index (χ3v) is 4.16. The van der Waals surface area contributed by atoms with E-state index in [0.717, 1.165) is 16.5 Å². The van der Waals surface area contributed by atoms with Gasteiger partial charge in [0.2, 0.25) is 0 Å². The van der Waals surface area contributed by atoms with Crippen LogP contribution in [0.25, 0.3) is 10.1 Å². The van der Waals surface area contributed by atoms with Crippen molar-refractivity contribution in [3.05, 3.63) is 57.6 Å². The van der Waals surface area contributed by atoms with E-state index >= 15 is 0 Å². The molecule has 0 amide bonds. The summed E-state index contributed by atoms with van der Waals surface area (Å²) in [5, 5.41) is 6.84. The summed E-state index contributed by atoms with van der Waals surface area (Å²) in [6, 6.07) is 9.90. The third kappa shape index (κ3) is 1.49. The highest BCUT2D eigenvalue weighted by Gasteiger charge is 2.13. The minimum absolute atomic E-state index is 0.124. The molecule has 1 aromatic carbocycles. The van der Waals surface area contributed by atoms with Crippen molar-refractivity contribution in [2.75, 3.05) is 0 Å². The summed E-state index contributed by atoms with van der Waals surface area (Å²) in [6.07, 6.45) is 0. The van der Waals surface area contributed by atoms with Crippen LogP contribution >= 0.6 is 22.7 Å². The topological polar surface area (TPSA) is 17.1 Å². The number of hydrogen-bond donors (Lipinski definition) is 0. The van der Waals surface area contributed by atoms with E-state index in [0.29, 0.717) is 0 Å². The van der Waals surface area contributed by atoms with Crippen molar-refractivity contribution < 1.29 is 4.79 Å². The summed E-state index contributed by atoms with van der Waals surface area (Å²) >= 11 is 3.18. The molecule has 3 rings (SSSR count). The van der Waals surface area contributed by atoms with Crippen LogP contribution in [0.5, 0.6) is 0 Å². The minimum atomic E-state index is 0.124. The number of thiophene rings is 2. The fourth-order valence-electron chi connectivity index (χ4n) is 1.70. The maximum absolute atomic E-state index is 12.2. The summed E-state index contributed by atoms with van der Waals surface area (Å²) < 4.78 is 1.17. The van der Waals surface area contributed by atoms with Gasteiger partial charge < -0.3 is 0 Å². The van der Waals surface area contributed by atoms with Gasteiger partial charge in [-0.15, -0.1) is 11.3 Å². The third-order valence-electron chi connectivity index (χ3n) is 2.51. The highest BCUT2D eigenvalue weighted by molar-refractivity contribution is 7.17. The van der Waals surface area contributed by atoms with Crippen LogP contribution in [0.2, 0.25) is 0 Å². The van der Waals surface area contributed by atoms with Crippen molar-refractivity contribution in [2.24, 2.45) is 0 Å². The van der Waals surface area contributed by atoms with Gasteiger partial charge >= 0.3 is 0 Å². The number of ketones is 1. The number of carbonyl (C=O) groups is 1. The first-order valence-corrected chi connectivity index (χ1v) is 6.71. The zero-order valence-electron chi connectivity index (χ0n) is 8.34. The lowest BCUT2D eigenvalue weighted by atomic mass is 10.1. The Morgan fingerprint density at radius 3 is 2.75 bits per heavy atom. The van der Waals surface area contributed by atoms with E-state index < -0.39 is 0 Å². The molecule has 0 bridgehead atoms. The van der Waals surface area contributed by atoms with E-state index in [1.54, 1.807) is 22.7 Å². The predicted octanol–water partition coefficient (Wildman–Crippen LogP) is 4.19. The molecule has 0 saturated heterocycles. The molecule has 0 aliphatic carbocycles. The molecule has 0 N–H and O–H groups in total. The van der Waals surface area contributed by atoms with Crippen molar-refractivity contribution in [3.8, 4) is 0 Å². The Morgan fingerprint density at radius 2 is 1.94 bits per heavy atom. The van der Waals surface area contributed by atoms with Crippen LogP contribution in [-0.2, 0) is 0 Å². The molecule has 16 heavy (non-hydrogen) atoms. The number of rotatable bonds is 2. The van der Waals surface area contributed by atoms with Crippen LogP contribution in [0.4, 0.5) is 0 Å². The average Bonchev–Trinajstić information content (AvgIpc) is 2.98. The van der Waals surface area contributed by atoms with E-state index in [4.69, 9.17) is 0 Å². The van der Waals surface area contributed by atoms with Crippen LogP contribution in [0.15, 0.2) is 46.5 Å². The molecule has 0 radical (unpaired) electrons. The van der Waals surface area contributed by atoms with Crippen LogP contribution in [0.3, 0.4) is 0 Å². The Kier molecular flexibility index (Phi) is 2.35. The van der Waals surface area contributed by atoms with Crippen molar-refractivity contribution in [2.45, 2.75) is 0 Å². The van der Waals surface area contributed by atoms with Gasteiger partial charge in [0.25, 0.3) is 0 Å². The smallest absolute Gasteiger partial charge is 0.195 e. The summed E-state index contributed by atoms with van der Waals surface area (Å²) in [4.78, 5) is 12.2. The Balaban J connectivity index is 2.16. The van der Waals surface area contributed by atoms with Gasteiger partial charge in [-0.05, 0) is 17.5 Å². The molecular formula is C13H8OS2. The molecule has 0 fully saturated rings. The summed E-state index contributed by atoms with van der Waals surface area (Å²) in [7, 11) is 0. The second-order valence-electron chi connectivity index (χ2n) is 3.49. The van der Waals surface area contributed by atoms with Crippen molar-refractivity contribution in [1.29, 1.82) is 0 Å². The molecule has 0 saturated carbocycles. The van der Waals surface area contributed by atoms with Crippen molar-refractivity contribution in [1.82, 2.24) is 0 Å². The molecule has 2 heterocycles. The van der Waals surface area contributed by atoms with E-state index in [1.165, 1.54) is 4.70 Å². The summed E-state index contributed by atoms with van der Waals surface area (Å²) in [5.41, 5.74) is 1.60. The van der Waals surface area contributed by atoms with Gasteiger partial charge in [-0.1, -0.05) is 18.2 Å². The summed E-state index contributed by atoms with van der Waals surface area (Å²) in [6.45, 7) is 0. The Morgan fingerprint density at radius 1 is 1.06 bits per heavy atom. The monoisotopic (exact) mass is 244 g/mol. The molecule has 0 atom stereocenters. The van der Waals surface area contributed by atoms with Crippen molar-refractivity contribution >= 4 is 38.5 Å².